The van der Waals surface area contributed by atoms with Crippen LogP contribution in [0.2, 0.25) is 0 Å². The molecule has 3 aromatic rings. The van der Waals surface area contributed by atoms with Crippen LogP contribution in [0.15, 0.2) is 18.2 Å². The van der Waals surface area contributed by atoms with Gasteiger partial charge in [0.2, 0.25) is 11.7 Å². The van der Waals surface area contributed by atoms with Gasteiger partial charge in [-0.15, -0.1) is 0 Å². The van der Waals surface area contributed by atoms with E-state index in [-0.39, 0.29) is 5.95 Å². The minimum Gasteiger partial charge on any atom is -0.493 e. The minimum atomic E-state index is 0.162. The molecule has 0 bridgehead atoms. The van der Waals surface area contributed by atoms with Crippen LogP contribution in [0.4, 0.5) is 17.5 Å². The summed E-state index contributed by atoms with van der Waals surface area (Å²) in [7, 11) is 6.58. The molecule has 2 heterocycles. The van der Waals surface area contributed by atoms with Gasteiger partial charge in [-0.25, -0.2) is 4.98 Å². The Morgan fingerprint density at radius 3 is 2.11 bits per heavy atom. The van der Waals surface area contributed by atoms with E-state index in [2.05, 4.69) is 20.4 Å². The number of hydrogen-bond acceptors (Lipinski definition) is 8. The molecule has 0 unspecified atom stereocenters. The number of aromatic nitrogens is 4. The fraction of sp³-hybridized carbons (Fsp3) is 0.316. The Hall–Kier alpha value is -3.49. The number of nitrogens with two attached hydrogens (primary N) is 1. The molecule has 0 aliphatic heterocycles. The molecule has 0 aliphatic rings. The smallest absolute Gasteiger partial charge is 0.222 e. The molecule has 0 aliphatic carbocycles. The molecular formula is C19H24N6O3. The molecule has 148 valence electrons. The Labute approximate surface area is 163 Å². The molecule has 2 aromatic heterocycles. The molecule has 0 saturated heterocycles. The summed E-state index contributed by atoms with van der Waals surface area (Å²) >= 11 is 0. The van der Waals surface area contributed by atoms with Gasteiger partial charge >= 0.3 is 0 Å². The van der Waals surface area contributed by atoms with Crippen molar-refractivity contribution in [2.75, 3.05) is 32.4 Å². The maximum atomic E-state index is 5.96. The highest BCUT2D eigenvalue weighted by Crippen LogP contribution is 2.40. The van der Waals surface area contributed by atoms with E-state index in [1.165, 1.54) is 0 Å². The number of nitrogens with zero attached hydrogens (tertiary/aromatic N) is 4. The molecule has 0 saturated carbocycles. The van der Waals surface area contributed by atoms with Crippen molar-refractivity contribution in [1.29, 1.82) is 0 Å². The van der Waals surface area contributed by atoms with E-state index >= 15 is 0 Å². The molecule has 0 atom stereocenters. The van der Waals surface area contributed by atoms with Gasteiger partial charge in [-0.2, -0.15) is 10.1 Å². The Morgan fingerprint density at radius 2 is 1.61 bits per heavy atom. The molecule has 3 rings (SSSR count). The van der Waals surface area contributed by atoms with Crippen LogP contribution in [-0.4, -0.2) is 41.1 Å². The largest absolute Gasteiger partial charge is 0.493 e. The molecule has 0 spiro atoms. The Balaban J connectivity index is 2.03. The highest BCUT2D eigenvalue weighted by Gasteiger charge is 2.17. The summed E-state index contributed by atoms with van der Waals surface area (Å²) in [4.78, 5) is 8.67. The number of nitrogen functional groups attached to an aromatic ring is 1. The van der Waals surface area contributed by atoms with Gasteiger partial charge in [0.25, 0.3) is 0 Å². The van der Waals surface area contributed by atoms with Crippen molar-refractivity contribution in [3.8, 4) is 28.5 Å². The normalized spacial score (nSPS) is 10.6. The van der Waals surface area contributed by atoms with Crippen LogP contribution in [0, 0.1) is 13.8 Å². The number of hydrogen-bond donors (Lipinski definition) is 2. The van der Waals surface area contributed by atoms with Gasteiger partial charge in [-0.1, -0.05) is 0 Å². The summed E-state index contributed by atoms with van der Waals surface area (Å²) < 4.78 is 18.0. The predicted molar refractivity (Wildman–Crippen MR) is 108 cm³/mol. The van der Waals surface area contributed by atoms with E-state index in [0.717, 1.165) is 17.0 Å². The summed E-state index contributed by atoms with van der Waals surface area (Å²) in [5, 5.41) is 7.67. The van der Waals surface area contributed by atoms with Gasteiger partial charge in [0.1, 0.15) is 5.82 Å². The third kappa shape index (κ3) is 3.51. The first-order chi connectivity index (χ1) is 13.4. The number of aryl methyl sites for hydroxylation is 2. The maximum absolute atomic E-state index is 5.96. The predicted octanol–water partition coefficient (Wildman–Crippen LogP) is 2.85. The summed E-state index contributed by atoms with van der Waals surface area (Å²) in [6.07, 6.45) is 0. The zero-order valence-corrected chi connectivity index (χ0v) is 16.8. The van der Waals surface area contributed by atoms with Crippen molar-refractivity contribution in [2.24, 2.45) is 7.05 Å². The molecule has 9 heteroatoms. The SMILES string of the molecule is COc1cc(Nc2cc(-c3c(C)nn(C)c3C)nc(N)n2)cc(OC)c1OC. The first-order valence-corrected chi connectivity index (χ1v) is 8.60. The van der Waals surface area contributed by atoms with Crippen molar-refractivity contribution in [1.82, 2.24) is 19.7 Å². The Kier molecular flexibility index (Phi) is 5.25. The van der Waals surface area contributed by atoms with Gasteiger partial charge in [-0.05, 0) is 13.8 Å². The summed E-state index contributed by atoms with van der Waals surface area (Å²) in [5.41, 5.74) is 10.2. The van der Waals surface area contributed by atoms with Gasteiger partial charge < -0.3 is 25.3 Å². The van der Waals surface area contributed by atoms with E-state index in [0.29, 0.717) is 34.4 Å². The van der Waals surface area contributed by atoms with E-state index < -0.39 is 0 Å². The number of benzene rings is 1. The minimum absolute atomic E-state index is 0.162. The third-order valence-corrected chi connectivity index (χ3v) is 4.45. The standard InChI is InChI=1S/C19H24N6O3/c1-10-17(11(2)25(3)24-10)13-9-16(23-19(20)22-13)21-12-7-14(26-4)18(28-6)15(8-12)27-5/h7-9H,1-6H3,(H3,20,21,22,23). The van der Waals surface area contributed by atoms with E-state index in [1.54, 1.807) is 33.5 Å². The first kappa shape index (κ1) is 19.3. The Bertz CT molecular complexity index is 990. The van der Waals surface area contributed by atoms with Gasteiger partial charge in [-0.3, -0.25) is 4.68 Å². The van der Waals surface area contributed by atoms with Crippen LogP contribution in [0.5, 0.6) is 17.2 Å². The van der Waals surface area contributed by atoms with Crippen molar-refractivity contribution in [3.63, 3.8) is 0 Å². The fourth-order valence-electron chi connectivity index (χ4n) is 3.10. The molecule has 0 amide bonds. The molecule has 1 aromatic carbocycles. The highest BCUT2D eigenvalue weighted by molar-refractivity contribution is 5.72. The van der Waals surface area contributed by atoms with Gasteiger partial charge in [0.15, 0.2) is 11.5 Å². The van der Waals surface area contributed by atoms with Crippen LogP contribution in [-0.2, 0) is 7.05 Å². The second-order valence-electron chi connectivity index (χ2n) is 6.21. The average Bonchev–Trinajstić information content (AvgIpc) is 2.92. The zero-order chi connectivity index (χ0) is 20.4. The number of ether oxygens (including phenoxy) is 3. The molecular weight excluding hydrogens is 360 g/mol. The lowest BCUT2D eigenvalue weighted by Crippen LogP contribution is -2.03. The molecule has 9 nitrogen and oxygen atoms in total. The monoisotopic (exact) mass is 384 g/mol. The quantitative estimate of drug-likeness (QED) is 0.668. The highest BCUT2D eigenvalue weighted by atomic mass is 16.5. The maximum Gasteiger partial charge on any atom is 0.222 e. The number of rotatable bonds is 6. The second-order valence-corrected chi connectivity index (χ2v) is 6.21. The summed E-state index contributed by atoms with van der Waals surface area (Å²) in [6, 6.07) is 5.41. The van der Waals surface area contributed by atoms with Crippen LogP contribution in [0.3, 0.4) is 0 Å². The number of nitrogens with one attached hydrogen (secondary N) is 1. The van der Waals surface area contributed by atoms with Crippen molar-refractivity contribution < 1.29 is 14.2 Å². The lowest BCUT2D eigenvalue weighted by Gasteiger charge is -2.15. The first-order valence-electron chi connectivity index (χ1n) is 8.60. The summed E-state index contributed by atoms with van der Waals surface area (Å²) in [5.74, 6) is 2.28. The Morgan fingerprint density at radius 1 is 0.964 bits per heavy atom. The molecule has 0 fully saturated rings. The molecule has 3 N–H and O–H groups in total. The van der Waals surface area contributed by atoms with Crippen molar-refractivity contribution in [2.45, 2.75) is 13.8 Å². The van der Waals surface area contributed by atoms with E-state index in [4.69, 9.17) is 19.9 Å². The third-order valence-electron chi connectivity index (χ3n) is 4.45. The number of methoxy groups -OCH3 is 3. The van der Waals surface area contributed by atoms with Crippen LogP contribution >= 0.6 is 0 Å². The lowest BCUT2D eigenvalue weighted by molar-refractivity contribution is 0.324. The fourth-order valence-corrected chi connectivity index (χ4v) is 3.10. The van der Waals surface area contributed by atoms with Crippen molar-refractivity contribution >= 4 is 17.5 Å². The van der Waals surface area contributed by atoms with E-state index in [1.807, 2.05) is 31.6 Å². The second kappa shape index (κ2) is 7.63. The lowest BCUT2D eigenvalue weighted by atomic mass is 10.1. The molecule has 28 heavy (non-hydrogen) atoms. The van der Waals surface area contributed by atoms with Gasteiger partial charge in [0, 0.05) is 42.2 Å². The average molecular weight is 384 g/mol. The van der Waals surface area contributed by atoms with Crippen LogP contribution in [0.1, 0.15) is 11.4 Å². The topological polar surface area (TPSA) is 109 Å². The zero-order valence-electron chi connectivity index (χ0n) is 16.8. The molecule has 0 radical (unpaired) electrons. The summed E-state index contributed by atoms with van der Waals surface area (Å²) in [6.45, 7) is 3.92. The van der Waals surface area contributed by atoms with Crippen LogP contribution < -0.4 is 25.3 Å². The van der Waals surface area contributed by atoms with E-state index in [9.17, 15) is 0 Å². The van der Waals surface area contributed by atoms with Gasteiger partial charge in [0.05, 0.1) is 32.7 Å². The number of anilines is 3. The van der Waals surface area contributed by atoms with Crippen molar-refractivity contribution in [3.05, 3.63) is 29.6 Å². The van der Waals surface area contributed by atoms with Crippen LogP contribution in [0.25, 0.3) is 11.3 Å².